The van der Waals surface area contributed by atoms with Gasteiger partial charge in [-0.15, -0.1) is 0 Å². The highest BCUT2D eigenvalue weighted by Crippen LogP contribution is 2.66. The molecule has 162 valence electrons. The lowest BCUT2D eigenvalue weighted by Gasteiger charge is -2.55. The monoisotopic (exact) mass is 398 g/mol. The van der Waals surface area contributed by atoms with Gasteiger partial charge < -0.3 is 9.84 Å². The molecule has 2 heteroatoms. The highest BCUT2D eigenvalue weighted by atomic mass is 16.6. The van der Waals surface area contributed by atoms with Crippen LogP contribution in [0.5, 0.6) is 0 Å². The highest BCUT2D eigenvalue weighted by Gasteiger charge is 2.57. The molecule has 1 aliphatic heterocycles. The van der Waals surface area contributed by atoms with Gasteiger partial charge in [0.15, 0.2) is 0 Å². The van der Waals surface area contributed by atoms with E-state index in [9.17, 15) is 5.11 Å². The van der Waals surface area contributed by atoms with Crippen molar-refractivity contribution in [2.75, 3.05) is 0 Å². The fourth-order valence-corrected chi connectivity index (χ4v) is 8.31. The zero-order chi connectivity index (χ0) is 20.6. The molecular formula is C27H42O2. The van der Waals surface area contributed by atoms with Gasteiger partial charge in [-0.05, 0) is 106 Å². The Balaban J connectivity index is 1.34. The number of hydrogen-bond donors (Lipinski definition) is 1. The lowest BCUT2D eigenvalue weighted by Crippen LogP contribution is -2.46. The predicted octanol–water partition coefficient (Wildman–Crippen LogP) is 6.44. The number of aliphatic hydroxyl groups is 1. The molecule has 0 aromatic heterocycles. The van der Waals surface area contributed by atoms with Crippen LogP contribution < -0.4 is 0 Å². The standard InChI is InChI=1S/C27H42O2/c1-17(6-11-24-25(2,3)29-24)21-9-10-22-20-8-7-18-16-19(28)12-14-26(18,4)23(20)13-15-27(21,22)5/h7-8,17,19,21-24,28H,6,9-16H2,1-5H3/t17-,19+,21-,22+,23+,24?,26+,27-/m1/s1. The molecule has 1 heterocycles. The topological polar surface area (TPSA) is 32.8 Å². The van der Waals surface area contributed by atoms with Gasteiger partial charge in [-0.2, -0.15) is 0 Å². The van der Waals surface area contributed by atoms with Gasteiger partial charge in [0.1, 0.15) is 0 Å². The number of rotatable bonds is 4. The Morgan fingerprint density at radius 1 is 1.03 bits per heavy atom. The van der Waals surface area contributed by atoms with Crippen molar-refractivity contribution >= 4 is 0 Å². The van der Waals surface area contributed by atoms with E-state index < -0.39 is 0 Å². The van der Waals surface area contributed by atoms with Crippen LogP contribution in [0.1, 0.15) is 92.4 Å². The SMILES string of the molecule is C[C@H](CCC1OC1(C)C)[C@H]1CC[C@H]2C3=CC=C4C[C@@H](O)CC[C@]4(C)[C@H]3CC[C@]12C. The summed E-state index contributed by atoms with van der Waals surface area (Å²) in [6.07, 6.45) is 16.5. The van der Waals surface area contributed by atoms with Crippen LogP contribution in [0, 0.1) is 34.5 Å². The van der Waals surface area contributed by atoms with E-state index in [-0.39, 0.29) is 11.7 Å². The molecule has 0 radical (unpaired) electrons. The fraction of sp³-hybridized carbons (Fsp3) is 0.852. The van der Waals surface area contributed by atoms with E-state index in [2.05, 4.69) is 46.8 Å². The van der Waals surface area contributed by atoms with Gasteiger partial charge in [0.25, 0.3) is 0 Å². The van der Waals surface area contributed by atoms with Crippen LogP contribution in [0.25, 0.3) is 0 Å². The Morgan fingerprint density at radius 3 is 2.52 bits per heavy atom. The summed E-state index contributed by atoms with van der Waals surface area (Å²) >= 11 is 0. The zero-order valence-corrected chi connectivity index (χ0v) is 19.3. The normalized spacial score (nSPS) is 48.7. The van der Waals surface area contributed by atoms with Crippen LogP contribution >= 0.6 is 0 Å². The first kappa shape index (κ1) is 20.3. The molecule has 8 atom stereocenters. The van der Waals surface area contributed by atoms with E-state index >= 15 is 0 Å². The summed E-state index contributed by atoms with van der Waals surface area (Å²) < 4.78 is 5.86. The molecule has 5 rings (SSSR count). The second-order valence-corrected chi connectivity index (χ2v) is 12.3. The van der Waals surface area contributed by atoms with Gasteiger partial charge in [-0.25, -0.2) is 0 Å². The molecule has 1 N–H and O–H groups in total. The van der Waals surface area contributed by atoms with Gasteiger partial charge in [-0.3, -0.25) is 0 Å². The summed E-state index contributed by atoms with van der Waals surface area (Å²) in [4.78, 5) is 0. The quantitative estimate of drug-likeness (QED) is 0.553. The van der Waals surface area contributed by atoms with Gasteiger partial charge in [0.2, 0.25) is 0 Å². The lowest BCUT2D eigenvalue weighted by molar-refractivity contribution is 0.0322. The van der Waals surface area contributed by atoms with Crippen molar-refractivity contribution in [3.63, 3.8) is 0 Å². The number of epoxide rings is 1. The first-order valence-electron chi connectivity index (χ1n) is 12.4. The van der Waals surface area contributed by atoms with Gasteiger partial charge >= 0.3 is 0 Å². The average Bonchev–Trinajstić information content (AvgIpc) is 3.11. The molecule has 5 aliphatic rings. The Kier molecular flexibility index (Phi) is 4.69. The molecule has 0 aromatic carbocycles. The molecule has 1 saturated heterocycles. The van der Waals surface area contributed by atoms with Crippen LogP contribution in [0.3, 0.4) is 0 Å². The lowest BCUT2D eigenvalue weighted by atomic mass is 9.50. The van der Waals surface area contributed by atoms with Crippen molar-refractivity contribution in [3.8, 4) is 0 Å². The first-order chi connectivity index (χ1) is 13.6. The van der Waals surface area contributed by atoms with Gasteiger partial charge in [0.05, 0.1) is 17.8 Å². The Labute approximate surface area is 178 Å². The maximum atomic E-state index is 10.2. The maximum Gasteiger partial charge on any atom is 0.0892 e. The summed E-state index contributed by atoms with van der Waals surface area (Å²) in [6, 6.07) is 0. The molecule has 0 aromatic rings. The van der Waals surface area contributed by atoms with E-state index in [0.717, 1.165) is 36.5 Å². The fourth-order valence-electron chi connectivity index (χ4n) is 8.31. The molecule has 3 saturated carbocycles. The largest absolute Gasteiger partial charge is 0.393 e. The number of fused-ring (bicyclic) bond motifs is 5. The molecule has 0 bridgehead atoms. The molecule has 0 amide bonds. The van der Waals surface area contributed by atoms with E-state index in [1.165, 1.54) is 50.5 Å². The third-order valence-corrected chi connectivity index (χ3v) is 10.4. The van der Waals surface area contributed by atoms with E-state index in [1.807, 2.05) is 0 Å². The Bertz CT molecular complexity index is 733. The summed E-state index contributed by atoms with van der Waals surface area (Å²) in [5.41, 5.74) is 4.24. The van der Waals surface area contributed by atoms with Gasteiger partial charge in [-0.1, -0.05) is 44.1 Å². The van der Waals surface area contributed by atoms with Crippen LogP contribution in [0.15, 0.2) is 23.3 Å². The molecule has 4 aliphatic carbocycles. The Hall–Kier alpha value is -0.600. The third-order valence-electron chi connectivity index (χ3n) is 10.4. The van der Waals surface area contributed by atoms with E-state index in [0.29, 0.717) is 16.9 Å². The summed E-state index contributed by atoms with van der Waals surface area (Å²) in [5.74, 6) is 3.17. The third kappa shape index (κ3) is 3.11. The van der Waals surface area contributed by atoms with Crippen LogP contribution in [0.4, 0.5) is 0 Å². The second kappa shape index (κ2) is 6.70. The molecule has 29 heavy (non-hydrogen) atoms. The van der Waals surface area contributed by atoms with Crippen LogP contribution in [-0.2, 0) is 4.74 Å². The number of allylic oxidation sites excluding steroid dienone is 3. The Morgan fingerprint density at radius 2 is 1.79 bits per heavy atom. The van der Waals surface area contributed by atoms with Crippen molar-refractivity contribution in [3.05, 3.63) is 23.3 Å². The van der Waals surface area contributed by atoms with Crippen molar-refractivity contribution < 1.29 is 9.84 Å². The number of aliphatic hydroxyl groups excluding tert-OH is 1. The highest BCUT2D eigenvalue weighted by molar-refractivity contribution is 5.38. The molecule has 2 nitrogen and oxygen atoms in total. The van der Waals surface area contributed by atoms with Crippen molar-refractivity contribution in [2.45, 2.75) is 110 Å². The van der Waals surface area contributed by atoms with Crippen molar-refractivity contribution in [1.29, 1.82) is 0 Å². The van der Waals surface area contributed by atoms with Crippen LogP contribution in [0.2, 0.25) is 0 Å². The van der Waals surface area contributed by atoms with Crippen molar-refractivity contribution in [1.82, 2.24) is 0 Å². The number of hydrogen-bond acceptors (Lipinski definition) is 2. The zero-order valence-electron chi connectivity index (χ0n) is 19.3. The first-order valence-corrected chi connectivity index (χ1v) is 12.4. The average molecular weight is 399 g/mol. The maximum absolute atomic E-state index is 10.2. The van der Waals surface area contributed by atoms with Crippen molar-refractivity contribution in [2.24, 2.45) is 34.5 Å². The smallest absolute Gasteiger partial charge is 0.0892 e. The molecule has 4 fully saturated rings. The molecule has 1 unspecified atom stereocenters. The summed E-state index contributed by atoms with van der Waals surface area (Å²) in [6.45, 7) is 12.1. The summed E-state index contributed by atoms with van der Waals surface area (Å²) in [7, 11) is 0. The van der Waals surface area contributed by atoms with Gasteiger partial charge in [0, 0.05) is 0 Å². The van der Waals surface area contributed by atoms with Crippen LogP contribution in [-0.4, -0.2) is 22.9 Å². The minimum atomic E-state index is -0.115. The minimum Gasteiger partial charge on any atom is -0.393 e. The predicted molar refractivity (Wildman–Crippen MR) is 119 cm³/mol. The molecule has 0 spiro atoms. The van der Waals surface area contributed by atoms with E-state index in [4.69, 9.17) is 4.74 Å². The number of ether oxygens (including phenoxy) is 1. The second-order valence-electron chi connectivity index (χ2n) is 12.3. The minimum absolute atomic E-state index is 0.115. The molecular weight excluding hydrogens is 356 g/mol. The van der Waals surface area contributed by atoms with E-state index in [1.54, 1.807) is 5.57 Å². The summed E-state index contributed by atoms with van der Waals surface area (Å²) in [5, 5.41) is 10.2.